The van der Waals surface area contributed by atoms with E-state index in [0.29, 0.717) is 5.75 Å². The van der Waals surface area contributed by atoms with Crippen molar-refractivity contribution in [1.29, 1.82) is 0 Å². The van der Waals surface area contributed by atoms with Crippen LogP contribution in [0.1, 0.15) is 44.1 Å². The quantitative estimate of drug-likeness (QED) is 0.727. The topological polar surface area (TPSA) is 93.7 Å². The van der Waals surface area contributed by atoms with Gasteiger partial charge in [0.15, 0.2) is 6.61 Å². The van der Waals surface area contributed by atoms with E-state index >= 15 is 0 Å². The third-order valence-corrected chi connectivity index (χ3v) is 4.21. The summed E-state index contributed by atoms with van der Waals surface area (Å²) in [5, 5.41) is 4.94. The number of esters is 1. The number of rotatable bonds is 7. The Balaban J connectivity index is 1.58. The molecule has 7 heteroatoms. The monoisotopic (exact) mass is 362 g/mol. The van der Waals surface area contributed by atoms with Gasteiger partial charge in [-0.2, -0.15) is 0 Å². The first-order valence-electron chi connectivity index (χ1n) is 8.99. The molecular weight excluding hydrogens is 336 g/mol. The highest BCUT2D eigenvalue weighted by molar-refractivity contribution is 5.95. The van der Waals surface area contributed by atoms with E-state index in [4.69, 9.17) is 9.47 Å². The number of amides is 3. The number of hydrogen-bond donors (Lipinski definition) is 2. The summed E-state index contributed by atoms with van der Waals surface area (Å²) >= 11 is 0. The highest BCUT2D eigenvalue weighted by Crippen LogP contribution is 2.17. The Morgan fingerprint density at radius 1 is 1.12 bits per heavy atom. The van der Waals surface area contributed by atoms with Crippen molar-refractivity contribution in [3.63, 3.8) is 0 Å². The van der Waals surface area contributed by atoms with Gasteiger partial charge >= 0.3 is 12.0 Å². The summed E-state index contributed by atoms with van der Waals surface area (Å²) in [6.07, 6.45) is 5.23. The van der Waals surface area contributed by atoms with E-state index in [0.717, 1.165) is 31.2 Å². The van der Waals surface area contributed by atoms with Crippen molar-refractivity contribution in [2.75, 3.05) is 13.2 Å². The fraction of sp³-hybridized carbons (Fsp3) is 0.526. The van der Waals surface area contributed by atoms with Crippen LogP contribution in [0, 0.1) is 6.92 Å². The lowest BCUT2D eigenvalue weighted by Crippen LogP contribution is -2.46. The van der Waals surface area contributed by atoms with Crippen LogP contribution in [0.15, 0.2) is 24.3 Å². The van der Waals surface area contributed by atoms with E-state index < -0.39 is 24.5 Å². The number of hydrogen-bond acceptors (Lipinski definition) is 5. The van der Waals surface area contributed by atoms with Gasteiger partial charge in [-0.25, -0.2) is 4.79 Å². The summed E-state index contributed by atoms with van der Waals surface area (Å²) in [7, 11) is 0. The first-order chi connectivity index (χ1) is 12.5. The van der Waals surface area contributed by atoms with Gasteiger partial charge in [0.05, 0.1) is 13.0 Å². The number of para-hydroxylation sites is 1. The maximum atomic E-state index is 11.7. The van der Waals surface area contributed by atoms with Crippen LogP contribution in [0.3, 0.4) is 0 Å². The smallest absolute Gasteiger partial charge is 0.321 e. The normalized spacial score (nSPS) is 14.3. The summed E-state index contributed by atoms with van der Waals surface area (Å²) < 4.78 is 10.3. The minimum absolute atomic E-state index is 0.0237. The fourth-order valence-electron chi connectivity index (χ4n) is 2.81. The Morgan fingerprint density at radius 3 is 2.58 bits per heavy atom. The van der Waals surface area contributed by atoms with Gasteiger partial charge in [-0.1, -0.05) is 37.5 Å². The van der Waals surface area contributed by atoms with Crippen LogP contribution in [0.5, 0.6) is 5.75 Å². The predicted molar refractivity (Wildman–Crippen MR) is 95.8 cm³/mol. The number of ether oxygens (including phenoxy) is 2. The lowest BCUT2D eigenvalue weighted by atomic mass is 9.96. The van der Waals surface area contributed by atoms with Crippen LogP contribution in [-0.2, 0) is 14.3 Å². The molecule has 0 aromatic heterocycles. The number of benzene rings is 1. The molecule has 1 fully saturated rings. The number of aryl methyl sites for hydroxylation is 1. The summed E-state index contributed by atoms with van der Waals surface area (Å²) in [5.41, 5.74) is 0.976. The third kappa shape index (κ3) is 7.13. The molecule has 3 amide bonds. The van der Waals surface area contributed by atoms with Crippen molar-refractivity contribution in [1.82, 2.24) is 10.6 Å². The van der Waals surface area contributed by atoms with E-state index in [1.165, 1.54) is 6.42 Å². The summed E-state index contributed by atoms with van der Waals surface area (Å²) in [5.74, 6) is -0.495. The van der Waals surface area contributed by atoms with Crippen LogP contribution < -0.4 is 15.4 Å². The summed E-state index contributed by atoms with van der Waals surface area (Å²) in [4.78, 5) is 35.0. The minimum atomic E-state index is -0.647. The number of carbonyl (C=O) groups excluding carboxylic acids is 3. The lowest BCUT2D eigenvalue weighted by molar-refractivity contribution is -0.148. The Hall–Kier alpha value is -2.57. The van der Waals surface area contributed by atoms with E-state index in [1.54, 1.807) is 0 Å². The van der Waals surface area contributed by atoms with Crippen molar-refractivity contribution in [2.24, 2.45) is 0 Å². The minimum Gasteiger partial charge on any atom is -0.493 e. The van der Waals surface area contributed by atoms with Gasteiger partial charge in [0.1, 0.15) is 5.75 Å². The Labute approximate surface area is 153 Å². The largest absolute Gasteiger partial charge is 0.493 e. The third-order valence-electron chi connectivity index (χ3n) is 4.21. The molecule has 0 saturated heterocycles. The molecule has 0 unspecified atom stereocenters. The van der Waals surface area contributed by atoms with Gasteiger partial charge in [0, 0.05) is 6.04 Å². The molecule has 1 aliphatic carbocycles. The van der Waals surface area contributed by atoms with Crippen LogP contribution in [0.2, 0.25) is 0 Å². The Kier molecular flexibility index (Phi) is 7.92. The maximum Gasteiger partial charge on any atom is 0.321 e. The van der Waals surface area contributed by atoms with Crippen LogP contribution in [0.4, 0.5) is 4.79 Å². The Bertz CT molecular complexity index is 626. The lowest BCUT2D eigenvalue weighted by Gasteiger charge is -2.22. The number of imide groups is 1. The van der Waals surface area contributed by atoms with Crippen LogP contribution >= 0.6 is 0 Å². The van der Waals surface area contributed by atoms with Crippen LogP contribution in [0.25, 0.3) is 0 Å². The van der Waals surface area contributed by atoms with Gasteiger partial charge in [-0.05, 0) is 31.4 Å². The zero-order chi connectivity index (χ0) is 18.8. The molecule has 0 aliphatic heterocycles. The van der Waals surface area contributed by atoms with Crippen LogP contribution in [-0.4, -0.2) is 37.2 Å². The first-order valence-corrected chi connectivity index (χ1v) is 8.99. The van der Waals surface area contributed by atoms with E-state index in [-0.39, 0.29) is 19.1 Å². The molecule has 0 radical (unpaired) electrons. The van der Waals surface area contributed by atoms with Crippen molar-refractivity contribution in [3.8, 4) is 5.75 Å². The second kappa shape index (κ2) is 10.4. The number of carbonyl (C=O) groups is 3. The van der Waals surface area contributed by atoms with Gasteiger partial charge in [0.25, 0.3) is 5.91 Å². The number of urea groups is 1. The van der Waals surface area contributed by atoms with E-state index in [9.17, 15) is 14.4 Å². The second-order valence-corrected chi connectivity index (χ2v) is 6.38. The molecule has 0 spiro atoms. The average Bonchev–Trinajstić information content (AvgIpc) is 2.62. The second-order valence-electron chi connectivity index (χ2n) is 6.38. The molecule has 7 nitrogen and oxygen atoms in total. The molecule has 1 saturated carbocycles. The zero-order valence-corrected chi connectivity index (χ0v) is 15.1. The van der Waals surface area contributed by atoms with Gasteiger partial charge in [-0.15, -0.1) is 0 Å². The molecule has 1 aromatic rings. The number of nitrogens with one attached hydrogen (secondary N) is 2. The van der Waals surface area contributed by atoms with Crippen molar-refractivity contribution in [3.05, 3.63) is 29.8 Å². The van der Waals surface area contributed by atoms with Crippen molar-refractivity contribution in [2.45, 2.75) is 51.5 Å². The molecule has 1 aliphatic rings. The molecule has 0 bridgehead atoms. The highest BCUT2D eigenvalue weighted by atomic mass is 16.5. The Morgan fingerprint density at radius 2 is 1.85 bits per heavy atom. The van der Waals surface area contributed by atoms with Gasteiger partial charge in [0.2, 0.25) is 0 Å². The standard InChI is InChI=1S/C19H26N2O5/c1-14-7-5-6-10-16(14)25-12-11-18(23)26-13-17(22)21-19(24)20-15-8-3-2-4-9-15/h5-7,10,15H,2-4,8-9,11-13H2,1H3,(H2,20,21,22,24). The first kappa shape index (κ1) is 19.8. The molecule has 2 rings (SSSR count). The maximum absolute atomic E-state index is 11.7. The van der Waals surface area contributed by atoms with E-state index in [2.05, 4.69) is 10.6 Å². The van der Waals surface area contributed by atoms with Gasteiger partial charge in [-0.3, -0.25) is 14.9 Å². The fourth-order valence-corrected chi connectivity index (χ4v) is 2.81. The predicted octanol–water partition coefficient (Wildman–Crippen LogP) is 2.47. The summed E-state index contributed by atoms with van der Waals surface area (Å²) in [6, 6.07) is 7.05. The average molecular weight is 362 g/mol. The summed E-state index contributed by atoms with van der Waals surface area (Å²) in [6.45, 7) is 1.59. The zero-order valence-electron chi connectivity index (χ0n) is 15.1. The highest BCUT2D eigenvalue weighted by Gasteiger charge is 2.17. The van der Waals surface area contributed by atoms with Crippen molar-refractivity contribution >= 4 is 17.9 Å². The molecule has 2 N–H and O–H groups in total. The molecule has 142 valence electrons. The molecular formula is C19H26N2O5. The molecule has 0 heterocycles. The SMILES string of the molecule is Cc1ccccc1OCCC(=O)OCC(=O)NC(=O)NC1CCCCC1. The molecule has 1 aromatic carbocycles. The molecule has 0 atom stereocenters. The van der Waals surface area contributed by atoms with Crippen molar-refractivity contribution < 1.29 is 23.9 Å². The van der Waals surface area contributed by atoms with E-state index in [1.807, 2.05) is 31.2 Å². The van der Waals surface area contributed by atoms with Gasteiger partial charge < -0.3 is 14.8 Å². The molecule has 26 heavy (non-hydrogen) atoms.